The molecule has 0 fully saturated rings. The lowest BCUT2D eigenvalue weighted by Crippen LogP contribution is -2.17. The fourth-order valence-electron chi connectivity index (χ4n) is 2.15. The summed E-state index contributed by atoms with van der Waals surface area (Å²) in [5, 5.41) is 11.4. The summed E-state index contributed by atoms with van der Waals surface area (Å²) in [5.74, 6) is 0.656. The number of aryl methyl sites for hydroxylation is 4. The maximum absolute atomic E-state index is 12.1. The normalized spacial score (nSPS) is 10.8. The molecule has 19 heavy (non-hydrogen) atoms. The Labute approximate surface area is 112 Å². The number of amides is 1. The zero-order chi connectivity index (χ0) is 14.2. The fourth-order valence-corrected chi connectivity index (χ4v) is 2.15. The van der Waals surface area contributed by atoms with Crippen LogP contribution in [0, 0.1) is 20.8 Å². The third-order valence-corrected chi connectivity index (χ3v) is 3.27. The first-order valence-corrected chi connectivity index (χ1v) is 6.18. The van der Waals surface area contributed by atoms with Crippen LogP contribution in [0.1, 0.15) is 22.6 Å². The van der Waals surface area contributed by atoms with Crippen molar-refractivity contribution in [3.63, 3.8) is 0 Å². The first-order valence-electron chi connectivity index (χ1n) is 6.18. The fraction of sp³-hybridized carbons (Fsp3) is 0.462. The third kappa shape index (κ3) is 2.67. The number of carbonyl (C=O) groups is 1. The molecule has 2 aromatic rings. The van der Waals surface area contributed by atoms with Gasteiger partial charge < -0.3 is 5.32 Å². The molecule has 6 heteroatoms. The summed E-state index contributed by atoms with van der Waals surface area (Å²) in [4.78, 5) is 12.1. The lowest BCUT2D eigenvalue weighted by Gasteiger charge is -2.05. The van der Waals surface area contributed by atoms with Crippen LogP contribution in [0.5, 0.6) is 0 Å². The molecule has 102 valence electrons. The molecule has 0 radical (unpaired) electrons. The Morgan fingerprint density at radius 1 is 1.21 bits per heavy atom. The van der Waals surface area contributed by atoms with E-state index >= 15 is 0 Å². The second-order valence-electron chi connectivity index (χ2n) is 4.79. The number of rotatable bonds is 3. The van der Waals surface area contributed by atoms with Gasteiger partial charge in [0.15, 0.2) is 0 Å². The van der Waals surface area contributed by atoms with E-state index < -0.39 is 0 Å². The zero-order valence-corrected chi connectivity index (χ0v) is 12.0. The number of hydrogen-bond acceptors (Lipinski definition) is 3. The van der Waals surface area contributed by atoms with E-state index in [-0.39, 0.29) is 5.91 Å². The van der Waals surface area contributed by atoms with Gasteiger partial charge in [0, 0.05) is 31.4 Å². The molecular formula is C13H19N5O. The second-order valence-corrected chi connectivity index (χ2v) is 4.79. The second kappa shape index (κ2) is 4.87. The topological polar surface area (TPSA) is 64.7 Å². The highest BCUT2D eigenvalue weighted by atomic mass is 16.1. The van der Waals surface area contributed by atoms with Crippen LogP contribution in [0.3, 0.4) is 0 Å². The molecule has 0 aromatic carbocycles. The Bertz CT molecular complexity index is 623. The van der Waals surface area contributed by atoms with E-state index in [0.717, 1.165) is 22.6 Å². The smallest absolute Gasteiger partial charge is 0.230 e. The molecule has 0 aliphatic heterocycles. The van der Waals surface area contributed by atoms with Crippen molar-refractivity contribution >= 4 is 11.7 Å². The van der Waals surface area contributed by atoms with E-state index in [9.17, 15) is 4.79 Å². The van der Waals surface area contributed by atoms with Gasteiger partial charge in [0.25, 0.3) is 0 Å². The summed E-state index contributed by atoms with van der Waals surface area (Å²) < 4.78 is 3.46. The quantitative estimate of drug-likeness (QED) is 0.904. The Morgan fingerprint density at radius 2 is 1.89 bits per heavy atom. The van der Waals surface area contributed by atoms with Crippen LogP contribution in [-0.4, -0.2) is 25.5 Å². The zero-order valence-electron chi connectivity index (χ0n) is 12.0. The molecule has 0 saturated carbocycles. The van der Waals surface area contributed by atoms with Crippen molar-refractivity contribution in [2.45, 2.75) is 27.2 Å². The summed E-state index contributed by atoms with van der Waals surface area (Å²) in [5.41, 5.74) is 3.79. The van der Waals surface area contributed by atoms with Crippen LogP contribution in [0.4, 0.5) is 5.82 Å². The molecule has 2 heterocycles. The number of hydrogen-bond donors (Lipinski definition) is 1. The van der Waals surface area contributed by atoms with Gasteiger partial charge in [-0.05, 0) is 20.8 Å². The van der Waals surface area contributed by atoms with Gasteiger partial charge >= 0.3 is 0 Å². The van der Waals surface area contributed by atoms with E-state index in [1.54, 1.807) is 9.36 Å². The van der Waals surface area contributed by atoms with Crippen molar-refractivity contribution < 1.29 is 4.79 Å². The van der Waals surface area contributed by atoms with Crippen molar-refractivity contribution in [3.05, 3.63) is 28.7 Å². The van der Waals surface area contributed by atoms with Crippen LogP contribution in [-0.2, 0) is 25.3 Å². The van der Waals surface area contributed by atoms with Gasteiger partial charge in [0.05, 0.1) is 17.8 Å². The molecular weight excluding hydrogens is 242 g/mol. The van der Waals surface area contributed by atoms with Crippen molar-refractivity contribution in [2.75, 3.05) is 5.32 Å². The predicted octanol–water partition coefficient (Wildman–Crippen LogP) is 1.26. The van der Waals surface area contributed by atoms with Crippen LogP contribution in [0.2, 0.25) is 0 Å². The number of anilines is 1. The van der Waals surface area contributed by atoms with Gasteiger partial charge in [0.2, 0.25) is 5.91 Å². The standard InChI is InChI=1S/C13H19N5O/c1-8-6-12(18(5)15-8)14-13(19)7-11-9(2)16-17(4)10(11)3/h6H,7H2,1-5H3,(H,14,19). The molecule has 0 bridgehead atoms. The van der Waals surface area contributed by atoms with Crippen molar-refractivity contribution in [3.8, 4) is 0 Å². The Morgan fingerprint density at radius 3 is 2.37 bits per heavy atom. The lowest BCUT2D eigenvalue weighted by atomic mass is 10.1. The van der Waals surface area contributed by atoms with Gasteiger partial charge in [-0.2, -0.15) is 10.2 Å². The predicted molar refractivity (Wildman–Crippen MR) is 73.0 cm³/mol. The van der Waals surface area contributed by atoms with Gasteiger partial charge in [0.1, 0.15) is 5.82 Å². The maximum atomic E-state index is 12.1. The van der Waals surface area contributed by atoms with Crippen molar-refractivity contribution in [1.29, 1.82) is 0 Å². The summed E-state index contributed by atoms with van der Waals surface area (Å²) >= 11 is 0. The first-order chi connectivity index (χ1) is 8.88. The van der Waals surface area contributed by atoms with E-state index in [0.29, 0.717) is 12.2 Å². The molecule has 2 rings (SSSR count). The molecule has 0 unspecified atom stereocenters. The molecule has 1 amide bonds. The average molecular weight is 261 g/mol. The lowest BCUT2D eigenvalue weighted by molar-refractivity contribution is -0.115. The summed E-state index contributed by atoms with van der Waals surface area (Å²) in [6.07, 6.45) is 0.329. The molecule has 0 atom stereocenters. The largest absolute Gasteiger partial charge is 0.311 e. The minimum Gasteiger partial charge on any atom is -0.311 e. The monoisotopic (exact) mass is 261 g/mol. The SMILES string of the molecule is Cc1cc(NC(=O)Cc2c(C)nn(C)c2C)n(C)n1. The number of aromatic nitrogens is 4. The van der Waals surface area contributed by atoms with Gasteiger partial charge in [-0.15, -0.1) is 0 Å². The molecule has 1 N–H and O–H groups in total. The van der Waals surface area contributed by atoms with Crippen molar-refractivity contribution in [2.24, 2.45) is 14.1 Å². The highest BCUT2D eigenvalue weighted by molar-refractivity contribution is 5.91. The Hall–Kier alpha value is -2.11. The van der Waals surface area contributed by atoms with Gasteiger partial charge in [-0.1, -0.05) is 0 Å². The minimum atomic E-state index is -0.0535. The number of carbonyl (C=O) groups excluding carboxylic acids is 1. The summed E-state index contributed by atoms with van der Waals surface area (Å²) in [6.45, 7) is 5.78. The minimum absolute atomic E-state index is 0.0535. The molecule has 0 saturated heterocycles. The summed E-state index contributed by atoms with van der Waals surface area (Å²) in [6, 6.07) is 1.85. The van der Waals surface area contributed by atoms with Gasteiger partial charge in [-0.3, -0.25) is 14.2 Å². The van der Waals surface area contributed by atoms with Crippen LogP contribution in [0.25, 0.3) is 0 Å². The molecule has 0 spiro atoms. The number of nitrogens with zero attached hydrogens (tertiary/aromatic N) is 4. The number of nitrogens with one attached hydrogen (secondary N) is 1. The molecule has 0 aliphatic rings. The first kappa shape index (κ1) is 13.3. The van der Waals surface area contributed by atoms with E-state index in [2.05, 4.69) is 15.5 Å². The molecule has 0 aliphatic carbocycles. The summed E-state index contributed by atoms with van der Waals surface area (Å²) in [7, 11) is 3.69. The maximum Gasteiger partial charge on any atom is 0.230 e. The van der Waals surface area contributed by atoms with Crippen LogP contribution in [0.15, 0.2) is 6.07 Å². The molecule has 2 aromatic heterocycles. The Kier molecular flexibility index (Phi) is 3.42. The van der Waals surface area contributed by atoms with Crippen molar-refractivity contribution in [1.82, 2.24) is 19.6 Å². The van der Waals surface area contributed by atoms with E-state index in [1.165, 1.54) is 0 Å². The molecule has 6 nitrogen and oxygen atoms in total. The Balaban J connectivity index is 2.12. The van der Waals surface area contributed by atoms with E-state index in [4.69, 9.17) is 0 Å². The average Bonchev–Trinajstić information content (AvgIpc) is 2.73. The highest BCUT2D eigenvalue weighted by Crippen LogP contribution is 2.14. The van der Waals surface area contributed by atoms with E-state index in [1.807, 2.05) is 40.9 Å². The van der Waals surface area contributed by atoms with Crippen LogP contribution >= 0.6 is 0 Å². The third-order valence-electron chi connectivity index (χ3n) is 3.27. The van der Waals surface area contributed by atoms with Crippen LogP contribution < -0.4 is 5.32 Å². The van der Waals surface area contributed by atoms with Gasteiger partial charge in [-0.25, -0.2) is 0 Å². The highest BCUT2D eigenvalue weighted by Gasteiger charge is 2.14.